The molecule has 19 heavy (non-hydrogen) atoms. The van der Waals surface area contributed by atoms with Gasteiger partial charge in [0.15, 0.2) is 5.78 Å². The Morgan fingerprint density at radius 1 is 1.16 bits per heavy atom. The van der Waals surface area contributed by atoms with E-state index in [4.69, 9.17) is 14.2 Å². The van der Waals surface area contributed by atoms with E-state index in [-0.39, 0.29) is 5.78 Å². The Bertz CT molecular complexity index is 401. The fourth-order valence-electron chi connectivity index (χ4n) is 1.66. The molecule has 0 N–H and O–H groups in total. The Morgan fingerprint density at radius 2 is 1.95 bits per heavy atom. The predicted octanol–water partition coefficient (Wildman–Crippen LogP) is 2.63. The second-order valence-corrected chi connectivity index (χ2v) is 4.36. The van der Waals surface area contributed by atoms with Crippen LogP contribution in [0.25, 0.3) is 0 Å². The van der Waals surface area contributed by atoms with Crippen LogP contribution in [-0.2, 0) is 9.47 Å². The summed E-state index contributed by atoms with van der Waals surface area (Å²) in [5, 5.41) is 0. The number of ether oxygens (including phenoxy) is 3. The minimum absolute atomic E-state index is 0.0136. The zero-order valence-corrected chi connectivity index (χ0v) is 11.9. The van der Waals surface area contributed by atoms with E-state index in [2.05, 4.69) is 0 Å². The molecule has 0 spiro atoms. The van der Waals surface area contributed by atoms with Crippen molar-refractivity contribution in [3.8, 4) is 5.75 Å². The van der Waals surface area contributed by atoms with Gasteiger partial charge in [-0.2, -0.15) is 0 Å². The average Bonchev–Trinajstić information content (AvgIpc) is 2.39. The molecule has 0 aliphatic rings. The van der Waals surface area contributed by atoms with Gasteiger partial charge in [-0.3, -0.25) is 4.79 Å². The topological polar surface area (TPSA) is 44.8 Å². The van der Waals surface area contributed by atoms with Crippen molar-refractivity contribution in [1.82, 2.24) is 0 Å². The van der Waals surface area contributed by atoms with Crippen LogP contribution in [0.15, 0.2) is 18.2 Å². The highest BCUT2D eigenvalue weighted by molar-refractivity contribution is 5.97. The summed E-state index contributed by atoms with van der Waals surface area (Å²) < 4.78 is 15.9. The zero-order chi connectivity index (χ0) is 14.1. The van der Waals surface area contributed by atoms with Crippen LogP contribution in [0.3, 0.4) is 0 Å². The van der Waals surface area contributed by atoms with E-state index in [0.717, 1.165) is 12.0 Å². The largest absolute Gasteiger partial charge is 0.490 e. The van der Waals surface area contributed by atoms with Crippen LogP contribution in [0.5, 0.6) is 5.75 Å². The number of Topliss-reactive ketones (excluding diaryl/α,β-unsaturated/α-hetero) is 1. The van der Waals surface area contributed by atoms with Crippen LogP contribution in [-0.4, -0.2) is 39.3 Å². The molecular weight excluding hydrogens is 244 g/mol. The first-order valence-electron chi connectivity index (χ1n) is 6.46. The lowest BCUT2D eigenvalue weighted by atomic mass is 10.1. The van der Waals surface area contributed by atoms with E-state index in [1.807, 2.05) is 25.1 Å². The first-order valence-corrected chi connectivity index (χ1v) is 6.46. The van der Waals surface area contributed by atoms with Crippen molar-refractivity contribution >= 4 is 5.78 Å². The van der Waals surface area contributed by atoms with Gasteiger partial charge in [0, 0.05) is 20.3 Å². The number of hydrogen-bond donors (Lipinski definition) is 0. The fraction of sp³-hybridized carbons (Fsp3) is 0.533. The number of hydrogen-bond acceptors (Lipinski definition) is 4. The van der Waals surface area contributed by atoms with E-state index in [0.29, 0.717) is 37.7 Å². The number of aryl methyl sites for hydroxylation is 1. The van der Waals surface area contributed by atoms with Crippen molar-refractivity contribution in [2.24, 2.45) is 0 Å². The van der Waals surface area contributed by atoms with Crippen molar-refractivity contribution in [2.45, 2.75) is 20.3 Å². The molecule has 0 radical (unpaired) electrons. The summed E-state index contributed by atoms with van der Waals surface area (Å²) in [7, 11) is 1.67. The fourth-order valence-corrected chi connectivity index (χ4v) is 1.66. The SMILES string of the molecule is COCCCOCCOc1ccc(C)cc1C(C)=O. The van der Waals surface area contributed by atoms with Crippen LogP contribution < -0.4 is 4.74 Å². The standard InChI is InChI=1S/C15H22O4/c1-12-5-6-15(14(11-12)13(2)16)19-10-9-18-8-4-7-17-3/h5-6,11H,4,7-10H2,1-3H3. The molecule has 0 saturated carbocycles. The van der Waals surface area contributed by atoms with Gasteiger partial charge in [0.1, 0.15) is 12.4 Å². The van der Waals surface area contributed by atoms with Gasteiger partial charge in [-0.25, -0.2) is 0 Å². The lowest BCUT2D eigenvalue weighted by Gasteiger charge is -2.11. The zero-order valence-electron chi connectivity index (χ0n) is 11.9. The normalized spacial score (nSPS) is 10.5. The molecule has 0 aliphatic carbocycles. The second kappa shape index (κ2) is 8.67. The van der Waals surface area contributed by atoms with E-state index in [9.17, 15) is 4.79 Å². The van der Waals surface area contributed by atoms with Gasteiger partial charge in [0.2, 0.25) is 0 Å². The average molecular weight is 266 g/mol. The van der Waals surface area contributed by atoms with Gasteiger partial charge >= 0.3 is 0 Å². The molecule has 0 heterocycles. The monoisotopic (exact) mass is 266 g/mol. The van der Waals surface area contributed by atoms with Crippen LogP contribution in [0, 0.1) is 6.92 Å². The molecule has 0 aromatic heterocycles. The molecule has 106 valence electrons. The summed E-state index contributed by atoms with van der Waals surface area (Å²) in [5.41, 5.74) is 1.67. The Labute approximate surface area is 114 Å². The van der Waals surface area contributed by atoms with Gasteiger partial charge in [0.25, 0.3) is 0 Å². The molecular formula is C15H22O4. The summed E-state index contributed by atoms with van der Waals surface area (Å²) in [6.07, 6.45) is 0.875. The van der Waals surface area contributed by atoms with Crippen molar-refractivity contribution in [3.05, 3.63) is 29.3 Å². The number of ketones is 1. The van der Waals surface area contributed by atoms with Gasteiger partial charge in [0.05, 0.1) is 12.2 Å². The van der Waals surface area contributed by atoms with Gasteiger partial charge in [-0.05, 0) is 32.4 Å². The number of carbonyl (C=O) groups is 1. The van der Waals surface area contributed by atoms with Crippen LogP contribution in [0.1, 0.15) is 29.3 Å². The highest BCUT2D eigenvalue weighted by Gasteiger charge is 2.08. The van der Waals surface area contributed by atoms with Gasteiger partial charge in [-0.15, -0.1) is 0 Å². The smallest absolute Gasteiger partial charge is 0.163 e. The Balaban J connectivity index is 2.35. The molecule has 4 nitrogen and oxygen atoms in total. The Kier molecular flexibility index (Phi) is 7.15. The summed E-state index contributed by atoms with van der Waals surface area (Å²) in [4.78, 5) is 11.5. The summed E-state index contributed by atoms with van der Waals surface area (Å²) >= 11 is 0. The second-order valence-electron chi connectivity index (χ2n) is 4.36. The first-order chi connectivity index (χ1) is 9.15. The molecule has 1 rings (SSSR count). The van der Waals surface area contributed by atoms with Gasteiger partial charge in [-0.1, -0.05) is 11.6 Å². The maximum Gasteiger partial charge on any atom is 0.163 e. The number of carbonyl (C=O) groups excluding carboxylic acids is 1. The van der Waals surface area contributed by atoms with E-state index in [1.165, 1.54) is 0 Å². The molecule has 0 amide bonds. The molecule has 0 bridgehead atoms. The van der Waals surface area contributed by atoms with E-state index in [1.54, 1.807) is 14.0 Å². The molecule has 0 fully saturated rings. The molecule has 0 aliphatic heterocycles. The third kappa shape index (κ3) is 5.85. The minimum Gasteiger partial charge on any atom is -0.490 e. The summed E-state index contributed by atoms with van der Waals surface area (Å²) in [6, 6.07) is 5.61. The number of rotatable bonds is 9. The van der Waals surface area contributed by atoms with Crippen molar-refractivity contribution < 1.29 is 19.0 Å². The molecule has 0 unspecified atom stereocenters. The molecule has 1 aromatic carbocycles. The summed E-state index contributed by atoms with van der Waals surface area (Å²) in [5.74, 6) is 0.637. The summed E-state index contributed by atoms with van der Waals surface area (Å²) in [6.45, 7) is 5.81. The third-order valence-corrected chi connectivity index (χ3v) is 2.64. The number of benzene rings is 1. The van der Waals surface area contributed by atoms with Crippen LogP contribution in [0.2, 0.25) is 0 Å². The predicted molar refractivity (Wildman–Crippen MR) is 74.0 cm³/mol. The Morgan fingerprint density at radius 3 is 2.63 bits per heavy atom. The van der Waals surface area contributed by atoms with Crippen molar-refractivity contribution in [2.75, 3.05) is 33.5 Å². The molecule has 0 saturated heterocycles. The highest BCUT2D eigenvalue weighted by Crippen LogP contribution is 2.20. The van der Waals surface area contributed by atoms with Gasteiger partial charge < -0.3 is 14.2 Å². The highest BCUT2D eigenvalue weighted by atomic mass is 16.5. The first kappa shape index (κ1) is 15.7. The Hall–Kier alpha value is -1.39. The van der Waals surface area contributed by atoms with E-state index < -0.39 is 0 Å². The molecule has 4 heteroatoms. The van der Waals surface area contributed by atoms with Crippen molar-refractivity contribution in [3.63, 3.8) is 0 Å². The third-order valence-electron chi connectivity index (χ3n) is 2.64. The lowest BCUT2D eigenvalue weighted by Crippen LogP contribution is -2.10. The lowest BCUT2D eigenvalue weighted by molar-refractivity contribution is 0.0799. The quantitative estimate of drug-likeness (QED) is 0.509. The maximum absolute atomic E-state index is 11.5. The van der Waals surface area contributed by atoms with Crippen LogP contribution in [0.4, 0.5) is 0 Å². The van der Waals surface area contributed by atoms with Crippen LogP contribution >= 0.6 is 0 Å². The molecule has 0 atom stereocenters. The van der Waals surface area contributed by atoms with Crippen molar-refractivity contribution in [1.29, 1.82) is 0 Å². The molecule has 1 aromatic rings. The minimum atomic E-state index is 0.0136. The number of methoxy groups -OCH3 is 1. The van der Waals surface area contributed by atoms with E-state index >= 15 is 0 Å². The maximum atomic E-state index is 11.5.